The van der Waals surface area contributed by atoms with Crippen molar-refractivity contribution in [2.24, 2.45) is 5.41 Å². The molecule has 0 atom stereocenters. The molecule has 1 aliphatic heterocycles. The second-order valence-electron chi connectivity index (χ2n) is 5.04. The van der Waals surface area contributed by atoms with E-state index in [9.17, 15) is 14.4 Å². The normalized spacial score (nSPS) is 18.1. The fraction of sp³-hybridized carbons (Fsp3) is 0.571. The number of carbonyl (C=O) groups excluding carboxylic acids is 3. The molecule has 1 aromatic rings. The lowest BCUT2D eigenvalue weighted by atomic mass is 9.79. The molecule has 4 amide bonds. The first-order chi connectivity index (χ1) is 9.91. The van der Waals surface area contributed by atoms with Crippen molar-refractivity contribution in [2.75, 3.05) is 4.90 Å². The lowest BCUT2D eigenvalue weighted by molar-refractivity contribution is -0.143. The Bertz CT molecular complexity index is 605. The summed E-state index contributed by atoms with van der Waals surface area (Å²) in [4.78, 5) is 43.3. The van der Waals surface area contributed by atoms with Crippen molar-refractivity contribution < 1.29 is 14.4 Å². The van der Waals surface area contributed by atoms with Crippen molar-refractivity contribution in [3.05, 3.63) is 10.6 Å². The molecule has 0 spiro atoms. The van der Waals surface area contributed by atoms with Crippen LogP contribution in [0.1, 0.15) is 44.2 Å². The molecule has 1 aliphatic rings. The third-order valence-corrected chi connectivity index (χ3v) is 5.08. The van der Waals surface area contributed by atoms with Gasteiger partial charge in [-0.3, -0.25) is 14.9 Å². The number of hydrogen-bond acceptors (Lipinski definition) is 5. The first-order valence-electron chi connectivity index (χ1n) is 7.07. The average molecular weight is 309 g/mol. The zero-order chi connectivity index (χ0) is 15.8. The van der Waals surface area contributed by atoms with E-state index in [2.05, 4.69) is 10.3 Å². The number of amides is 4. The maximum atomic E-state index is 12.8. The number of rotatable bonds is 4. The molecular formula is C14H19N3O3S. The van der Waals surface area contributed by atoms with Crippen molar-refractivity contribution in [3.8, 4) is 0 Å². The minimum absolute atomic E-state index is 0.339. The second-order valence-corrected chi connectivity index (χ2v) is 6.22. The van der Waals surface area contributed by atoms with Crippen LogP contribution >= 0.6 is 11.3 Å². The first-order valence-corrected chi connectivity index (χ1v) is 7.89. The fourth-order valence-corrected chi connectivity index (χ4v) is 3.55. The SMILES string of the molecule is CCc1nc(N2C(=O)NC(=O)C(CC)(CC)C2=O)sc1C. The zero-order valence-electron chi connectivity index (χ0n) is 12.6. The molecule has 0 aliphatic carbocycles. The molecule has 2 heterocycles. The molecule has 7 heteroatoms. The zero-order valence-corrected chi connectivity index (χ0v) is 13.5. The Balaban J connectivity index is 2.49. The number of nitrogens with one attached hydrogen (secondary N) is 1. The van der Waals surface area contributed by atoms with Crippen molar-refractivity contribution in [3.63, 3.8) is 0 Å². The number of anilines is 1. The largest absolute Gasteiger partial charge is 0.337 e. The smallest absolute Gasteiger partial charge is 0.276 e. The summed E-state index contributed by atoms with van der Waals surface area (Å²) in [5.74, 6) is -0.986. The highest BCUT2D eigenvalue weighted by molar-refractivity contribution is 7.16. The third-order valence-electron chi connectivity index (χ3n) is 4.09. The Morgan fingerprint density at radius 3 is 2.29 bits per heavy atom. The van der Waals surface area contributed by atoms with Crippen LogP contribution in [0.2, 0.25) is 0 Å². The molecule has 0 unspecified atom stereocenters. The van der Waals surface area contributed by atoms with Crippen LogP contribution in [0.5, 0.6) is 0 Å². The summed E-state index contributed by atoms with van der Waals surface area (Å²) in [6, 6.07) is -0.709. The second kappa shape index (κ2) is 5.55. The molecule has 0 bridgehead atoms. The first kappa shape index (κ1) is 15.6. The van der Waals surface area contributed by atoms with Gasteiger partial charge in [-0.15, -0.1) is 11.3 Å². The Hall–Kier alpha value is -1.76. The van der Waals surface area contributed by atoms with Gasteiger partial charge in [0.25, 0.3) is 5.91 Å². The number of thiazole rings is 1. The van der Waals surface area contributed by atoms with E-state index in [1.807, 2.05) is 13.8 Å². The summed E-state index contributed by atoms with van der Waals surface area (Å²) in [7, 11) is 0. The minimum atomic E-state index is -1.18. The van der Waals surface area contributed by atoms with E-state index < -0.39 is 23.3 Å². The van der Waals surface area contributed by atoms with Gasteiger partial charge in [0.1, 0.15) is 5.41 Å². The van der Waals surface area contributed by atoms with Crippen molar-refractivity contribution in [1.82, 2.24) is 10.3 Å². The van der Waals surface area contributed by atoms with Gasteiger partial charge < -0.3 is 0 Å². The highest BCUT2D eigenvalue weighted by Gasteiger charge is 2.52. The summed E-state index contributed by atoms with van der Waals surface area (Å²) in [5, 5.41) is 2.63. The van der Waals surface area contributed by atoms with Crippen LogP contribution in [0.3, 0.4) is 0 Å². The number of barbiturate groups is 1. The number of aromatic nitrogens is 1. The highest BCUT2D eigenvalue weighted by Crippen LogP contribution is 2.36. The van der Waals surface area contributed by atoms with Gasteiger partial charge >= 0.3 is 6.03 Å². The summed E-state index contributed by atoms with van der Waals surface area (Å²) < 4.78 is 0. The van der Waals surface area contributed by atoms with Crippen molar-refractivity contribution in [2.45, 2.75) is 47.0 Å². The third kappa shape index (κ3) is 2.25. The van der Waals surface area contributed by atoms with Gasteiger partial charge in [0.05, 0.1) is 5.69 Å². The molecule has 0 saturated carbocycles. The summed E-state index contributed by atoms with van der Waals surface area (Å²) in [5.41, 5.74) is -0.314. The van der Waals surface area contributed by atoms with Crippen molar-refractivity contribution in [1.29, 1.82) is 0 Å². The van der Waals surface area contributed by atoms with Gasteiger partial charge in [-0.05, 0) is 26.2 Å². The monoisotopic (exact) mass is 309 g/mol. The molecule has 21 heavy (non-hydrogen) atoms. The van der Waals surface area contributed by atoms with Crippen LogP contribution in [-0.2, 0) is 16.0 Å². The molecule has 0 aromatic carbocycles. The van der Waals surface area contributed by atoms with E-state index >= 15 is 0 Å². The number of hydrogen-bond donors (Lipinski definition) is 1. The van der Waals surface area contributed by atoms with E-state index in [0.29, 0.717) is 18.0 Å². The van der Waals surface area contributed by atoms with E-state index in [1.54, 1.807) is 13.8 Å². The Labute approximate surface area is 127 Å². The van der Waals surface area contributed by atoms with Crippen LogP contribution in [0.25, 0.3) is 0 Å². The number of aryl methyl sites for hydroxylation is 2. The molecule has 2 rings (SSSR count). The van der Waals surface area contributed by atoms with Crippen molar-refractivity contribution >= 4 is 34.3 Å². The van der Waals surface area contributed by atoms with Gasteiger partial charge in [0, 0.05) is 4.88 Å². The average Bonchev–Trinajstić information content (AvgIpc) is 2.81. The fourth-order valence-electron chi connectivity index (χ4n) is 2.56. The molecule has 1 fully saturated rings. The molecule has 6 nitrogen and oxygen atoms in total. The number of urea groups is 1. The van der Waals surface area contributed by atoms with E-state index in [0.717, 1.165) is 21.9 Å². The topological polar surface area (TPSA) is 79.4 Å². The van der Waals surface area contributed by atoms with Gasteiger partial charge in [0.2, 0.25) is 11.0 Å². The molecular weight excluding hydrogens is 290 g/mol. The van der Waals surface area contributed by atoms with Crippen LogP contribution in [0, 0.1) is 12.3 Å². The Morgan fingerprint density at radius 1 is 1.19 bits per heavy atom. The van der Waals surface area contributed by atoms with E-state index in [4.69, 9.17) is 0 Å². The Kier molecular flexibility index (Phi) is 4.13. The molecule has 1 N–H and O–H groups in total. The van der Waals surface area contributed by atoms with Gasteiger partial charge in [-0.25, -0.2) is 14.7 Å². The van der Waals surface area contributed by atoms with Gasteiger partial charge in [0.15, 0.2) is 0 Å². The standard InChI is InChI=1S/C14H19N3O3S/c1-5-9-8(4)21-13(15-9)17-11(19)14(6-2,7-3)10(18)16-12(17)20/h5-7H2,1-4H3,(H,16,18,20). The predicted molar refractivity (Wildman–Crippen MR) is 80.3 cm³/mol. The van der Waals surface area contributed by atoms with Gasteiger partial charge in [-0.1, -0.05) is 20.8 Å². The number of carbonyl (C=O) groups is 3. The summed E-state index contributed by atoms with van der Waals surface area (Å²) >= 11 is 1.30. The van der Waals surface area contributed by atoms with Gasteiger partial charge in [-0.2, -0.15) is 0 Å². The summed E-state index contributed by atoms with van der Waals surface area (Å²) in [6.45, 7) is 7.43. The lowest BCUT2D eigenvalue weighted by Crippen LogP contribution is -2.63. The molecule has 1 saturated heterocycles. The maximum Gasteiger partial charge on any atom is 0.337 e. The summed E-state index contributed by atoms with van der Waals surface area (Å²) in [6.07, 6.45) is 1.43. The predicted octanol–water partition coefficient (Wildman–Crippen LogP) is 2.40. The van der Waals surface area contributed by atoms with E-state index in [-0.39, 0.29) is 0 Å². The molecule has 114 valence electrons. The maximum absolute atomic E-state index is 12.8. The molecule has 0 radical (unpaired) electrons. The number of imide groups is 2. The van der Waals surface area contributed by atoms with Crippen LogP contribution < -0.4 is 10.2 Å². The van der Waals surface area contributed by atoms with Crippen LogP contribution in [0.4, 0.5) is 9.93 Å². The highest BCUT2D eigenvalue weighted by atomic mass is 32.1. The molecule has 1 aromatic heterocycles. The number of nitrogens with zero attached hydrogens (tertiary/aromatic N) is 2. The van der Waals surface area contributed by atoms with Crippen LogP contribution in [-0.4, -0.2) is 22.8 Å². The van der Waals surface area contributed by atoms with Crippen LogP contribution in [0.15, 0.2) is 0 Å². The minimum Gasteiger partial charge on any atom is -0.276 e. The Morgan fingerprint density at radius 2 is 1.81 bits per heavy atom. The quantitative estimate of drug-likeness (QED) is 0.866. The van der Waals surface area contributed by atoms with E-state index in [1.165, 1.54) is 11.3 Å². The lowest BCUT2D eigenvalue weighted by Gasteiger charge is -2.36.